The van der Waals surface area contributed by atoms with Crippen LogP contribution in [-0.4, -0.2) is 4.98 Å². The Morgan fingerprint density at radius 3 is 2.90 bits per heavy atom. The van der Waals surface area contributed by atoms with Gasteiger partial charge in [-0.25, -0.2) is 4.39 Å². The predicted octanol–water partition coefficient (Wildman–Crippen LogP) is 4.44. The summed E-state index contributed by atoms with van der Waals surface area (Å²) in [6, 6.07) is 8.70. The zero-order valence-electron chi connectivity index (χ0n) is 10.5. The minimum Gasteiger partial charge on any atom is -0.323 e. The number of nitrogens with two attached hydrogens (primary N) is 1. The predicted molar refractivity (Wildman–Crippen MR) is 84.4 cm³/mol. The van der Waals surface area contributed by atoms with Crippen LogP contribution in [0.15, 0.2) is 47.2 Å². The van der Waals surface area contributed by atoms with Crippen molar-refractivity contribution in [1.82, 2.24) is 4.98 Å². The van der Waals surface area contributed by atoms with E-state index in [1.54, 1.807) is 29.7 Å². The molecule has 0 saturated heterocycles. The molecule has 3 aromatic rings. The molecule has 2 nitrogen and oxygen atoms in total. The normalized spacial score (nSPS) is 12.8. The van der Waals surface area contributed by atoms with Gasteiger partial charge in [0.15, 0.2) is 0 Å². The topological polar surface area (TPSA) is 38.9 Å². The second kappa shape index (κ2) is 5.60. The summed E-state index contributed by atoms with van der Waals surface area (Å²) in [6.07, 6.45) is 4.27. The van der Waals surface area contributed by atoms with Crippen LogP contribution in [0.3, 0.4) is 0 Å². The van der Waals surface area contributed by atoms with E-state index in [4.69, 9.17) is 5.73 Å². The molecule has 0 spiro atoms. The molecule has 2 aromatic heterocycles. The van der Waals surface area contributed by atoms with E-state index in [-0.39, 0.29) is 11.9 Å². The first kappa shape index (κ1) is 13.7. The average molecular weight is 351 g/mol. The van der Waals surface area contributed by atoms with Crippen LogP contribution in [0.5, 0.6) is 0 Å². The number of thiophene rings is 1. The van der Waals surface area contributed by atoms with Crippen LogP contribution < -0.4 is 5.73 Å². The Kier molecular flexibility index (Phi) is 3.83. The van der Waals surface area contributed by atoms with Gasteiger partial charge in [-0.05, 0) is 63.6 Å². The largest absolute Gasteiger partial charge is 0.323 e. The monoisotopic (exact) mass is 350 g/mol. The van der Waals surface area contributed by atoms with Gasteiger partial charge in [0.2, 0.25) is 0 Å². The molecule has 3 rings (SSSR count). The fourth-order valence-corrected chi connectivity index (χ4v) is 3.60. The fraction of sp³-hybridized carbons (Fsp3) is 0.133. The first-order valence-corrected chi connectivity index (χ1v) is 7.77. The summed E-state index contributed by atoms with van der Waals surface area (Å²) in [5.74, 6) is -0.216. The number of hydrogen-bond acceptors (Lipinski definition) is 3. The molecule has 0 aliphatic heterocycles. The summed E-state index contributed by atoms with van der Waals surface area (Å²) in [7, 11) is 0. The molecule has 0 aliphatic carbocycles. The third-order valence-corrected chi connectivity index (χ3v) is 4.76. The van der Waals surface area contributed by atoms with Gasteiger partial charge >= 0.3 is 0 Å². The highest BCUT2D eigenvalue weighted by Crippen LogP contribution is 2.31. The van der Waals surface area contributed by atoms with Crippen LogP contribution in [0.1, 0.15) is 16.5 Å². The zero-order chi connectivity index (χ0) is 14.1. The molecule has 2 N–H and O–H groups in total. The maximum atomic E-state index is 13.2. The Morgan fingerprint density at radius 1 is 1.25 bits per heavy atom. The number of rotatable bonds is 3. The number of nitrogens with zero attached hydrogens (tertiary/aromatic N) is 1. The molecular formula is C15H12BrFN2S. The number of benzene rings is 1. The van der Waals surface area contributed by atoms with Crippen molar-refractivity contribution in [2.24, 2.45) is 5.73 Å². The van der Waals surface area contributed by atoms with Gasteiger partial charge in [0.25, 0.3) is 0 Å². The molecule has 0 bridgehead atoms. The Morgan fingerprint density at radius 2 is 2.10 bits per heavy atom. The summed E-state index contributed by atoms with van der Waals surface area (Å²) < 4.78 is 15.2. The SMILES string of the molecule is NC(Cc1cncc(Br)c1)c1cc2cc(F)ccc2s1. The Balaban J connectivity index is 1.86. The smallest absolute Gasteiger partial charge is 0.123 e. The highest BCUT2D eigenvalue weighted by Gasteiger charge is 2.12. The molecule has 0 aliphatic rings. The number of aromatic nitrogens is 1. The lowest BCUT2D eigenvalue weighted by molar-refractivity contribution is 0.630. The molecule has 1 atom stereocenters. The molecule has 1 unspecified atom stereocenters. The van der Waals surface area contributed by atoms with Crippen LogP contribution in [0.2, 0.25) is 0 Å². The number of hydrogen-bond donors (Lipinski definition) is 1. The fourth-order valence-electron chi connectivity index (χ4n) is 2.14. The van der Waals surface area contributed by atoms with Gasteiger partial charge in [0, 0.05) is 32.5 Å². The van der Waals surface area contributed by atoms with E-state index in [2.05, 4.69) is 20.9 Å². The lowest BCUT2D eigenvalue weighted by atomic mass is 10.1. The highest BCUT2D eigenvalue weighted by atomic mass is 79.9. The van der Waals surface area contributed by atoms with E-state index in [1.807, 2.05) is 18.3 Å². The van der Waals surface area contributed by atoms with Gasteiger partial charge in [-0.3, -0.25) is 4.98 Å². The van der Waals surface area contributed by atoms with Crippen LogP contribution in [0.25, 0.3) is 10.1 Å². The minimum absolute atomic E-state index is 0.105. The van der Waals surface area contributed by atoms with Crippen molar-refractivity contribution >= 4 is 37.4 Å². The van der Waals surface area contributed by atoms with Gasteiger partial charge < -0.3 is 5.73 Å². The molecule has 2 heterocycles. The van der Waals surface area contributed by atoms with Crippen molar-refractivity contribution in [1.29, 1.82) is 0 Å². The van der Waals surface area contributed by atoms with Gasteiger partial charge in [-0.2, -0.15) is 0 Å². The van der Waals surface area contributed by atoms with Gasteiger partial charge in [-0.1, -0.05) is 0 Å². The van der Waals surface area contributed by atoms with Crippen molar-refractivity contribution in [3.05, 3.63) is 63.5 Å². The highest BCUT2D eigenvalue weighted by molar-refractivity contribution is 9.10. The maximum Gasteiger partial charge on any atom is 0.123 e. The zero-order valence-corrected chi connectivity index (χ0v) is 12.9. The van der Waals surface area contributed by atoms with Crippen LogP contribution >= 0.6 is 27.3 Å². The number of pyridine rings is 1. The van der Waals surface area contributed by atoms with Crippen molar-refractivity contribution < 1.29 is 4.39 Å². The Hall–Kier alpha value is -1.30. The van der Waals surface area contributed by atoms with Gasteiger partial charge in [0.1, 0.15) is 5.82 Å². The molecule has 1 aromatic carbocycles. The van der Waals surface area contributed by atoms with Crippen molar-refractivity contribution in [3.8, 4) is 0 Å². The molecule has 0 fully saturated rings. The van der Waals surface area contributed by atoms with E-state index < -0.39 is 0 Å². The van der Waals surface area contributed by atoms with Crippen LogP contribution in [0.4, 0.5) is 4.39 Å². The van der Waals surface area contributed by atoms with E-state index in [0.29, 0.717) is 6.42 Å². The standard InChI is InChI=1S/C15H12BrFN2S/c16-11-3-9(7-19-8-11)4-13(18)15-6-10-5-12(17)1-2-14(10)20-15/h1-3,5-8,13H,4,18H2. The summed E-state index contributed by atoms with van der Waals surface area (Å²) in [5.41, 5.74) is 7.33. The molecule has 102 valence electrons. The number of fused-ring (bicyclic) bond motifs is 1. The van der Waals surface area contributed by atoms with Crippen molar-refractivity contribution in [3.63, 3.8) is 0 Å². The summed E-state index contributed by atoms with van der Waals surface area (Å²) in [4.78, 5) is 5.20. The van der Waals surface area contributed by atoms with E-state index in [1.165, 1.54) is 6.07 Å². The third kappa shape index (κ3) is 2.90. The first-order chi connectivity index (χ1) is 9.61. The quantitative estimate of drug-likeness (QED) is 0.758. The first-order valence-electron chi connectivity index (χ1n) is 6.16. The minimum atomic E-state index is -0.216. The second-order valence-corrected chi connectivity index (χ2v) is 6.68. The van der Waals surface area contributed by atoms with E-state index in [0.717, 1.165) is 25.0 Å². The Bertz CT molecular complexity index is 756. The second-order valence-electron chi connectivity index (χ2n) is 4.65. The third-order valence-electron chi connectivity index (χ3n) is 3.08. The average Bonchev–Trinajstić information content (AvgIpc) is 2.81. The molecule has 20 heavy (non-hydrogen) atoms. The van der Waals surface area contributed by atoms with E-state index in [9.17, 15) is 4.39 Å². The van der Waals surface area contributed by atoms with E-state index >= 15 is 0 Å². The summed E-state index contributed by atoms with van der Waals surface area (Å²) in [6.45, 7) is 0. The Labute approximate surface area is 128 Å². The van der Waals surface area contributed by atoms with Gasteiger partial charge in [0.05, 0.1) is 0 Å². The number of halogens is 2. The lowest BCUT2D eigenvalue weighted by Gasteiger charge is -2.09. The van der Waals surface area contributed by atoms with Crippen LogP contribution in [-0.2, 0) is 6.42 Å². The molecule has 0 amide bonds. The van der Waals surface area contributed by atoms with Crippen LogP contribution in [0, 0.1) is 5.82 Å². The lowest BCUT2D eigenvalue weighted by Crippen LogP contribution is -2.11. The maximum absolute atomic E-state index is 13.2. The molecular weight excluding hydrogens is 339 g/mol. The van der Waals surface area contributed by atoms with Crippen molar-refractivity contribution in [2.75, 3.05) is 0 Å². The molecule has 0 radical (unpaired) electrons. The van der Waals surface area contributed by atoms with Crippen molar-refractivity contribution in [2.45, 2.75) is 12.5 Å². The van der Waals surface area contributed by atoms with Gasteiger partial charge in [-0.15, -0.1) is 11.3 Å². The molecule has 0 saturated carbocycles. The summed E-state index contributed by atoms with van der Waals surface area (Å²) >= 11 is 5.02. The molecule has 5 heteroatoms. The summed E-state index contributed by atoms with van der Waals surface area (Å²) in [5, 5.41) is 0.910.